The fourth-order valence-corrected chi connectivity index (χ4v) is 3.75. The lowest BCUT2D eigenvalue weighted by Gasteiger charge is -2.35. The minimum Gasteiger partial charge on any atom is -0.469 e. The molecule has 2 aliphatic rings. The molecule has 0 atom stereocenters. The van der Waals surface area contributed by atoms with Crippen molar-refractivity contribution in [3.05, 3.63) is 0 Å². The molecular weight excluding hydrogens is 266 g/mol. The van der Waals surface area contributed by atoms with Gasteiger partial charge in [0, 0.05) is 12.1 Å². The van der Waals surface area contributed by atoms with Crippen LogP contribution in [0.3, 0.4) is 0 Å². The highest BCUT2D eigenvalue weighted by Gasteiger charge is 2.29. The van der Waals surface area contributed by atoms with E-state index in [1.165, 1.54) is 32.8 Å². The van der Waals surface area contributed by atoms with Crippen LogP contribution in [0.5, 0.6) is 0 Å². The Bertz CT molecular complexity index is 316. The lowest BCUT2D eigenvalue weighted by Crippen LogP contribution is -2.44. The summed E-state index contributed by atoms with van der Waals surface area (Å²) in [5, 5.41) is 3.80. The Morgan fingerprint density at radius 1 is 0.952 bits per heavy atom. The molecular formula is C17H31NO3. The summed E-state index contributed by atoms with van der Waals surface area (Å²) in [5.74, 6) is 0.100. The van der Waals surface area contributed by atoms with Crippen LogP contribution in [-0.2, 0) is 14.3 Å². The third kappa shape index (κ3) is 5.26. The van der Waals surface area contributed by atoms with Crippen LogP contribution in [0.1, 0.15) is 65.2 Å². The maximum absolute atomic E-state index is 11.5. The number of esters is 1. The molecule has 0 spiro atoms. The van der Waals surface area contributed by atoms with E-state index >= 15 is 0 Å². The van der Waals surface area contributed by atoms with Gasteiger partial charge >= 0.3 is 5.97 Å². The van der Waals surface area contributed by atoms with Crippen LogP contribution in [-0.4, -0.2) is 37.4 Å². The van der Waals surface area contributed by atoms with Crippen molar-refractivity contribution in [2.75, 3.05) is 7.11 Å². The SMILES string of the molecule is COC(=O)C1CCC(NC2CCC(OC(C)C)CC2)CC1. The van der Waals surface area contributed by atoms with E-state index in [0.29, 0.717) is 24.3 Å². The molecule has 1 N–H and O–H groups in total. The van der Waals surface area contributed by atoms with Gasteiger partial charge in [0.05, 0.1) is 25.2 Å². The highest BCUT2D eigenvalue weighted by atomic mass is 16.5. The predicted molar refractivity (Wildman–Crippen MR) is 83.2 cm³/mol. The summed E-state index contributed by atoms with van der Waals surface area (Å²) < 4.78 is 10.7. The summed E-state index contributed by atoms with van der Waals surface area (Å²) in [6.45, 7) is 4.23. The van der Waals surface area contributed by atoms with Crippen LogP contribution in [0, 0.1) is 5.92 Å². The summed E-state index contributed by atoms with van der Waals surface area (Å²) >= 11 is 0. The van der Waals surface area contributed by atoms with Crippen molar-refractivity contribution in [3.8, 4) is 0 Å². The number of carbonyl (C=O) groups is 1. The van der Waals surface area contributed by atoms with E-state index in [1.54, 1.807) is 0 Å². The first-order chi connectivity index (χ1) is 10.1. The van der Waals surface area contributed by atoms with Gasteiger partial charge in [0.2, 0.25) is 0 Å². The Balaban J connectivity index is 1.65. The first-order valence-corrected chi connectivity index (χ1v) is 8.57. The van der Waals surface area contributed by atoms with Gasteiger partial charge in [-0.05, 0) is 65.2 Å². The highest BCUT2D eigenvalue weighted by molar-refractivity contribution is 5.72. The molecule has 2 rings (SSSR count). The highest BCUT2D eigenvalue weighted by Crippen LogP contribution is 2.28. The molecule has 0 saturated heterocycles. The standard InChI is InChI=1S/C17H31NO3/c1-12(2)21-16-10-8-15(9-11-16)18-14-6-4-13(5-7-14)17(19)20-3/h12-16,18H,4-11H2,1-3H3. The van der Waals surface area contributed by atoms with E-state index in [-0.39, 0.29) is 11.9 Å². The average molecular weight is 297 g/mol. The van der Waals surface area contributed by atoms with Crippen LogP contribution in [0.4, 0.5) is 0 Å². The minimum absolute atomic E-state index is 0.0280. The third-order valence-corrected chi connectivity index (χ3v) is 4.87. The molecule has 2 aliphatic carbocycles. The summed E-state index contributed by atoms with van der Waals surface area (Å²) in [6, 6.07) is 1.22. The fraction of sp³-hybridized carbons (Fsp3) is 0.941. The first kappa shape index (κ1) is 16.8. The largest absolute Gasteiger partial charge is 0.469 e. The Kier molecular flexibility index (Phi) is 6.49. The lowest BCUT2D eigenvalue weighted by molar-refractivity contribution is -0.146. The zero-order valence-corrected chi connectivity index (χ0v) is 13.8. The number of ether oxygens (including phenoxy) is 2. The summed E-state index contributed by atoms with van der Waals surface area (Å²) in [5.41, 5.74) is 0. The summed E-state index contributed by atoms with van der Waals surface area (Å²) in [7, 11) is 1.49. The van der Waals surface area contributed by atoms with Crippen molar-refractivity contribution in [3.63, 3.8) is 0 Å². The normalized spacial score (nSPS) is 33.9. The van der Waals surface area contributed by atoms with Crippen LogP contribution < -0.4 is 5.32 Å². The molecule has 0 aromatic heterocycles. The summed E-state index contributed by atoms with van der Waals surface area (Å²) in [4.78, 5) is 11.5. The van der Waals surface area contributed by atoms with Gasteiger partial charge in [0.1, 0.15) is 0 Å². The van der Waals surface area contributed by atoms with Crippen LogP contribution in [0.15, 0.2) is 0 Å². The fourth-order valence-electron chi connectivity index (χ4n) is 3.75. The monoisotopic (exact) mass is 297 g/mol. The second kappa shape index (κ2) is 8.14. The quantitative estimate of drug-likeness (QED) is 0.792. The van der Waals surface area contributed by atoms with Gasteiger partial charge in [-0.25, -0.2) is 0 Å². The molecule has 0 aromatic carbocycles. The van der Waals surface area contributed by atoms with Crippen molar-refractivity contribution >= 4 is 5.97 Å². The number of hydrogen-bond acceptors (Lipinski definition) is 4. The van der Waals surface area contributed by atoms with E-state index < -0.39 is 0 Å². The van der Waals surface area contributed by atoms with Crippen molar-refractivity contribution in [1.82, 2.24) is 5.32 Å². The van der Waals surface area contributed by atoms with Crippen molar-refractivity contribution in [2.45, 2.75) is 89.5 Å². The maximum Gasteiger partial charge on any atom is 0.308 e. The zero-order chi connectivity index (χ0) is 15.2. The second-order valence-electron chi connectivity index (χ2n) is 6.90. The topological polar surface area (TPSA) is 47.6 Å². The number of rotatable bonds is 5. The van der Waals surface area contributed by atoms with Crippen LogP contribution in [0.25, 0.3) is 0 Å². The van der Waals surface area contributed by atoms with Gasteiger partial charge in [-0.3, -0.25) is 4.79 Å². The molecule has 0 amide bonds. The third-order valence-electron chi connectivity index (χ3n) is 4.87. The molecule has 21 heavy (non-hydrogen) atoms. The van der Waals surface area contributed by atoms with Crippen LogP contribution >= 0.6 is 0 Å². The minimum atomic E-state index is -0.0280. The molecule has 4 heteroatoms. The number of methoxy groups -OCH3 is 1. The van der Waals surface area contributed by atoms with Gasteiger partial charge in [-0.2, -0.15) is 0 Å². The van der Waals surface area contributed by atoms with Crippen LogP contribution in [0.2, 0.25) is 0 Å². The molecule has 122 valence electrons. The lowest BCUT2D eigenvalue weighted by atomic mass is 9.84. The molecule has 0 aliphatic heterocycles. The number of hydrogen-bond donors (Lipinski definition) is 1. The van der Waals surface area contributed by atoms with E-state index in [2.05, 4.69) is 19.2 Å². The molecule has 0 unspecified atom stereocenters. The second-order valence-corrected chi connectivity index (χ2v) is 6.90. The van der Waals surface area contributed by atoms with Crippen molar-refractivity contribution in [1.29, 1.82) is 0 Å². The Morgan fingerprint density at radius 2 is 1.48 bits per heavy atom. The average Bonchev–Trinajstić information content (AvgIpc) is 2.49. The van der Waals surface area contributed by atoms with Gasteiger partial charge in [0.15, 0.2) is 0 Å². The van der Waals surface area contributed by atoms with Gasteiger partial charge in [-0.15, -0.1) is 0 Å². The number of nitrogens with one attached hydrogen (secondary N) is 1. The van der Waals surface area contributed by atoms with E-state index in [9.17, 15) is 4.79 Å². The molecule has 2 saturated carbocycles. The Morgan fingerprint density at radius 3 is 1.95 bits per heavy atom. The van der Waals surface area contributed by atoms with Crippen molar-refractivity contribution in [2.24, 2.45) is 5.92 Å². The molecule has 0 radical (unpaired) electrons. The Hall–Kier alpha value is -0.610. The van der Waals surface area contributed by atoms with Crippen molar-refractivity contribution < 1.29 is 14.3 Å². The number of carbonyl (C=O) groups excluding carboxylic acids is 1. The molecule has 4 nitrogen and oxygen atoms in total. The smallest absolute Gasteiger partial charge is 0.308 e. The van der Waals surface area contributed by atoms with E-state index in [1.807, 2.05) is 0 Å². The predicted octanol–water partition coefficient (Wildman–Crippen LogP) is 3.04. The maximum atomic E-state index is 11.5. The molecule has 2 fully saturated rings. The molecule has 0 aromatic rings. The van der Waals surface area contributed by atoms with E-state index in [4.69, 9.17) is 9.47 Å². The zero-order valence-electron chi connectivity index (χ0n) is 13.8. The Labute approximate surface area is 129 Å². The molecule has 0 bridgehead atoms. The summed E-state index contributed by atoms with van der Waals surface area (Å²) in [6.07, 6.45) is 9.71. The van der Waals surface area contributed by atoms with Gasteiger partial charge < -0.3 is 14.8 Å². The first-order valence-electron chi connectivity index (χ1n) is 8.57. The molecule has 0 heterocycles. The van der Waals surface area contributed by atoms with Gasteiger partial charge in [0.25, 0.3) is 0 Å². The van der Waals surface area contributed by atoms with Gasteiger partial charge in [-0.1, -0.05) is 0 Å². The van der Waals surface area contributed by atoms with E-state index in [0.717, 1.165) is 25.7 Å².